The number of hydrogen-bond acceptors (Lipinski definition) is 6. The zero-order chi connectivity index (χ0) is 21.5. The second-order valence-electron chi connectivity index (χ2n) is 7.83. The van der Waals surface area contributed by atoms with Crippen LogP contribution < -0.4 is 11.1 Å². The van der Waals surface area contributed by atoms with Crippen LogP contribution in [0.2, 0.25) is 5.02 Å². The number of thiophene rings is 1. The van der Waals surface area contributed by atoms with Gasteiger partial charge in [0, 0.05) is 33.1 Å². The molecule has 1 aliphatic rings. The molecule has 0 bridgehead atoms. The number of halogens is 1. The lowest BCUT2D eigenvalue weighted by atomic mass is 9.98. The lowest BCUT2D eigenvalue weighted by Gasteiger charge is -2.35. The van der Waals surface area contributed by atoms with E-state index in [2.05, 4.69) is 34.3 Å². The summed E-state index contributed by atoms with van der Waals surface area (Å²) in [4.78, 5) is 24.5. The number of aryl methyl sites for hydroxylation is 1. The van der Waals surface area contributed by atoms with Gasteiger partial charge < -0.3 is 16.0 Å². The number of nitrogens with one attached hydrogen (secondary N) is 1. The minimum Gasteiger partial charge on any atom is -0.383 e. The quantitative estimate of drug-likeness (QED) is 0.488. The van der Waals surface area contributed by atoms with E-state index in [1.807, 2.05) is 29.2 Å². The van der Waals surface area contributed by atoms with E-state index < -0.39 is 0 Å². The highest BCUT2D eigenvalue weighted by atomic mass is 35.5. The second-order valence-corrected chi connectivity index (χ2v) is 9.35. The van der Waals surface area contributed by atoms with Crippen LogP contribution in [0.15, 0.2) is 42.7 Å². The topological polar surface area (TPSA) is 84.1 Å². The first kappa shape index (κ1) is 20.2. The molecule has 5 rings (SSSR count). The van der Waals surface area contributed by atoms with Gasteiger partial charge in [0.15, 0.2) is 0 Å². The van der Waals surface area contributed by atoms with Crippen LogP contribution in [0.5, 0.6) is 0 Å². The molecule has 1 fully saturated rings. The number of hydrogen-bond donors (Lipinski definition) is 2. The lowest BCUT2D eigenvalue weighted by molar-refractivity contribution is -0.134. The number of anilines is 1. The van der Waals surface area contributed by atoms with Crippen LogP contribution in [0.3, 0.4) is 0 Å². The summed E-state index contributed by atoms with van der Waals surface area (Å²) < 4.78 is 1.15. The highest BCUT2D eigenvalue weighted by molar-refractivity contribution is 7.19. The first-order valence-corrected chi connectivity index (χ1v) is 11.4. The van der Waals surface area contributed by atoms with Crippen LogP contribution in [-0.4, -0.2) is 40.4 Å². The highest BCUT2D eigenvalue weighted by Crippen LogP contribution is 2.40. The smallest absolute Gasteiger partial charge is 0.237 e. The maximum absolute atomic E-state index is 12.8. The molecule has 1 aliphatic heterocycles. The normalized spacial score (nSPS) is 15.7. The standard InChI is InChI=1S/C23H22ClN5OS/c1-13-16-5-3-15(24)10-20(16)31-22(13)19(29-7-6-26-11-21(29)30)9-14-2-4-17-18(8-14)27-12-28-23(17)25/h2-5,8,10,12,19,26H,6-7,9,11H2,1H3,(H2,25,27,28). The average molecular weight is 452 g/mol. The maximum atomic E-state index is 12.8. The number of rotatable bonds is 4. The Labute approximate surface area is 189 Å². The van der Waals surface area contributed by atoms with E-state index in [4.69, 9.17) is 17.3 Å². The van der Waals surface area contributed by atoms with Gasteiger partial charge in [-0.1, -0.05) is 23.7 Å². The van der Waals surface area contributed by atoms with Crippen LogP contribution in [0, 0.1) is 6.92 Å². The monoisotopic (exact) mass is 451 g/mol. The number of nitrogens with two attached hydrogens (primary N) is 1. The number of piperazine rings is 1. The van der Waals surface area contributed by atoms with Crippen molar-refractivity contribution in [3.63, 3.8) is 0 Å². The first-order chi connectivity index (χ1) is 15.0. The van der Waals surface area contributed by atoms with Gasteiger partial charge in [-0.3, -0.25) is 4.79 Å². The molecule has 1 amide bonds. The van der Waals surface area contributed by atoms with Crippen molar-refractivity contribution in [2.24, 2.45) is 0 Å². The number of nitrogens with zero attached hydrogens (tertiary/aromatic N) is 3. The molecule has 1 unspecified atom stereocenters. The van der Waals surface area contributed by atoms with E-state index in [1.54, 1.807) is 11.3 Å². The zero-order valence-corrected chi connectivity index (χ0v) is 18.6. The van der Waals surface area contributed by atoms with Crippen molar-refractivity contribution in [1.29, 1.82) is 0 Å². The number of fused-ring (bicyclic) bond motifs is 2. The first-order valence-electron chi connectivity index (χ1n) is 10.2. The fraction of sp³-hybridized carbons (Fsp3) is 0.261. The van der Waals surface area contributed by atoms with Crippen LogP contribution in [0.25, 0.3) is 21.0 Å². The van der Waals surface area contributed by atoms with Gasteiger partial charge in [0.25, 0.3) is 0 Å². The molecule has 0 radical (unpaired) electrons. The minimum atomic E-state index is -0.0533. The van der Waals surface area contributed by atoms with Gasteiger partial charge in [0.05, 0.1) is 18.1 Å². The molecule has 3 N–H and O–H groups in total. The highest BCUT2D eigenvalue weighted by Gasteiger charge is 2.30. The Hall–Kier alpha value is -2.74. The molecule has 6 nitrogen and oxygen atoms in total. The Balaban J connectivity index is 1.60. The molecule has 2 aromatic carbocycles. The van der Waals surface area contributed by atoms with Crippen molar-refractivity contribution in [3.05, 3.63) is 63.8 Å². The lowest BCUT2D eigenvalue weighted by Crippen LogP contribution is -2.49. The summed E-state index contributed by atoms with van der Waals surface area (Å²) in [5.74, 6) is 0.598. The molecule has 31 heavy (non-hydrogen) atoms. The third kappa shape index (κ3) is 3.73. The number of amides is 1. The van der Waals surface area contributed by atoms with Crippen LogP contribution in [0.1, 0.15) is 22.0 Å². The van der Waals surface area contributed by atoms with Crippen molar-refractivity contribution in [3.8, 4) is 0 Å². The molecule has 1 saturated heterocycles. The third-order valence-electron chi connectivity index (χ3n) is 5.90. The maximum Gasteiger partial charge on any atom is 0.237 e. The Kier molecular flexibility index (Phi) is 5.25. The third-order valence-corrected chi connectivity index (χ3v) is 7.49. The predicted octanol–water partition coefficient (Wildman–Crippen LogP) is 4.10. The summed E-state index contributed by atoms with van der Waals surface area (Å²) in [6.07, 6.45) is 2.19. The number of carbonyl (C=O) groups is 1. The molecule has 3 heterocycles. The van der Waals surface area contributed by atoms with E-state index in [-0.39, 0.29) is 11.9 Å². The average Bonchev–Trinajstić information content (AvgIpc) is 3.08. The van der Waals surface area contributed by atoms with E-state index in [0.29, 0.717) is 25.3 Å². The molecule has 8 heteroatoms. The zero-order valence-electron chi connectivity index (χ0n) is 17.1. The Morgan fingerprint density at radius 2 is 2.06 bits per heavy atom. The molecule has 158 valence electrons. The summed E-state index contributed by atoms with van der Waals surface area (Å²) in [6.45, 7) is 3.98. The van der Waals surface area contributed by atoms with Crippen molar-refractivity contribution >= 4 is 55.7 Å². The largest absolute Gasteiger partial charge is 0.383 e. The molecule has 2 aromatic heterocycles. The Bertz CT molecular complexity index is 1300. The van der Waals surface area contributed by atoms with Crippen LogP contribution in [-0.2, 0) is 11.2 Å². The van der Waals surface area contributed by atoms with Gasteiger partial charge >= 0.3 is 0 Å². The van der Waals surface area contributed by atoms with Gasteiger partial charge in [-0.25, -0.2) is 9.97 Å². The summed E-state index contributed by atoms with van der Waals surface area (Å²) >= 11 is 7.96. The summed E-state index contributed by atoms with van der Waals surface area (Å²) in [5.41, 5.74) is 9.12. The van der Waals surface area contributed by atoms with Gasteiger partial charge in [0.1, 0.15) is 12.1 Å². The molecular weight excluding hydrogens is 430 g/mol. The van der Waals surface area contributed by atoms with Gasteiger partial charge in [-0.05, 0) is 54.1 Å². The van der Waals surface area contributed by atoms with Gasteiger partial charge in [-0.15, -0.1) is 11.3 Å². The van der Waals surface area contributed by atoms with E-state index in [0.717, 1.165) is 32.7 Å². The number of benzene rings is 2. The molecule has 4 aromatic rings. The van der Waals surface area contributed by atoms with Crippen molar-refractivity contribution in [2.45, 2.75) is 19.4 Å². The van der Waals surface area contributed by atoms with Gasteiger partial charge in [-0.2, -0.15) is 0 Å². The molecule has 0 aliphatic carbocycles. The molecule has 0 saturated carbocycles. The summed E-state index contributed by atoms with van der Waals surface area (Å²) in [6, 6.07) is 12.0. The van der Waals surface area contributed by atoms with E-state index in [1.165, 1.54) is 22.2 Å². The number of carbonyl (C=O) groups excluding carboxylic acids is 1. The predicted molar refractivity (Wildman–Crippen MR) is 127 cm³/mol. The SMILES string of the molecule is Cc1c(C(Cc2ccc3c(N)ncnc3c2)N2CCNCC2=O)sc2cc(Cl)ccc12. The number of aromatic nitrogens is 2. The van der Waals surface area contributed by atoms with Crippen molar-refractivity contribution < 1.29 is 4.79 Å². The van der Waals surface area contributed by atoms with E-state index in [9.17, 15) is 4.79 Å². The fourth-order valence-corrected chi connectivity index (χ4v) is 5.91. The fourth-order valence-electron chi connectivity index (χ4n) is 4.30. The summed E-state index contributed by atoms with van der Waals surface area (Å²) in [7, 11) is 0. The Morgan fingerprint density at radius 3 is 2.90 bits per heavy atom. The van der Waals surface area contributed by atoms with Gasteiger partial charge in [0.2, 0.25) is 5.91 Å². The molecule has 0 spiro atoms. The second kappa shape index (κ2) is 8.07. The molecular formula is C23H22ClN5OS. The van der Waals surface area contributed by atoms with Crippen molar-refractivity contribution in [2.75, 3.05) is 25.4 Å². The Morgan fingerprint density at radius 1 is 1.23 bits per heavy atom. The van der Waals surface area contributed by atoms with Crippen LogP contribution >= 0.6 is 22.9 Å². The van der Waals surface area contributed by atoms with Crippen LogP contribution in [0.4, 0.5) is 5.82 Å². The van der Waals surface area contributed by atoms with E-state index >= 15 is 0 Å². The minimum absolute atomic E-state index is 0.0533. The van der Waals surface area contributed by atoms with Crippen molar-refractivity contribution in [1.82, 2.24) is 20.2 Å². The summed E-state index contributed by atoms with van der Waals surface area (Å²) in [5, 5.41) is 5.93. The number of nitrogen functional groups attached to an aromatic ring is 1. The molecule has 1 atom stereocenters.